The van der Waals surface area contributed by atoms with Crippen molar-refractivity contribution in [3.05, 3.63) is 24.2 Å². The molecule has 0 amide bonds. The Labute approximate surface area is 123 Å². The lowest BCUT2D eigenvalue weighted by Crippen LogP contribution is -2.25. The molecule has 0 aliphatic carbocycles. The molecule has 2 aromatic rings. The zero-order valence-electron chi connectivity index (χ0n) is 11.8. The van der Waals surface area contributed by atoms with E-state index in [0.29, 0.717) is 25.3 Å². The summed E-state index contributed by atoms with van der Waals surface area (Å²) in [6.07, 6.45) is 3.84. The summed E-state index contributed by atoms with van der Waals surface area (Å²) in [4.78, 5) is 8.93. The van der Waals surface area contributed by atoms with Crippen molar-refractivity contribution in [1.29, 1.82) is 0 Å². The Morgan fingerprint density at radius 3 is 2.81 bits per heavy atom. The van der Waals surface area contributed by atoms with Crippen LogP contribution in [-0.4, -0.2) is 46.2 Å². The van der Waals surface area contributed by atoms with E-state index in [1.807, 2.05) is 16.7 Å². The number of pyridine rings is 1. The smallest absolute Gasteiger partial charge is 0.160 e. The van der Waals surface area contributed by atoms with Crippen LogP contribution in [0.15, 0.2) is 18.3 Å². The number of sulfone groups is 1. The quantitative estimate of drug-likeness (QED) is 0.902. The molecule has 1 aliphatic heterocycles. The number of rotatable bonds is 4. The first kappa shape index (κ1) is 14.5. The van der Waals surface area contributed by atoms with Gasteiger partial charge in [-0.3, -0.25) is 0 Å². The van der Waals surface area contributed by atoms with Crippen LogP contribution in [0, 0.1) is 5.92 Å². The van der Waals surface area contributed by atoms with Gasteiger partial charge in [-0.15, -0.1) is 0 Å². The van der Waals surface area contributed by atoms with Gasteiger partial charge in [0, 0.05) is 19.2 Å². The Morgan fingerprint density at radius 2 is 2.10 bits per heavy atom. The van der Waals surface area contributed by atoms with Crippen molar-refractivity contribution in [2.24, 2.45) is 5.92 Å². The number of fused-ring (bicyclic) bond motifs is 1. The maximum Gasteiger partial charge on any atom is 0.160 e. The number of nitrogens with zero attached hydrogens (tertiary/aromatic N) is 3. The molecular formula is C14H19N3O3S. The van der Waals surface area contributed by atoms with Crippen molar-refractivity contribution in [2.75, 3.05) is 18.1 Å². The van der Waals surface area contributed by atoms with Gasteiger partial charge in [-0.25, -0.2) is 18.4 Å². The zero-order valence-corrected chi connectivity index (χ0v) is 12.6. The number of hydrogen-bond acceptors (Lipinski definition) is 5. The molecule has 0 spiro atoms. The van der Waals surface area contributed by atoms with E-state index in [9.17, 15) is 13.5 Å². The summed E-state index contributed by atoms with van der Waals surface area (Å²) in [5.41, 5.74) is 1.61. The Morgan fingerprint density at radius 1 is 1.33 bits per heavy atom. The average molecular weight is 309 g/mol. The minimum atomic E-state index is -2.83. The number of aliphatic hydroxyl groups excluding tert-OH is 1. The summed E-state index contributed by atoms with van der Waals surface area (Å²) < 4.78 is 24.9. The van der Waals surface area contributed by atoms with Gasteiger partial charge in [-0.05, 0) is 30.9 Å². The van der Waals surface area contributed by atoms with Crippen LogP contribution >= 0.6 is 0 Å². The highest BCUT2D eigenvalue weighted by atomic mass is 32.2. The van der Waals surface area contributed by atoms with Gasteiger partial charge in [0.05, 0.1) is 18.1 Å². The highest BCUT2D eigenvalue weighted by Gasteiger charge is 2.25. The van der Waals surface area contributed by atoms with Gasteiger partial charge in [0.1, 0.15) is 21.2 Å². The van der Waals surface area contributed by atoms with Crippen LogP contribution in [0.4, 0.5) is 0 Å². The second-order valence-electron chi connectivity index (χ2n) is 5.55. The zero-order chi connectivity index (χ0) is 14.9. The van der Waals surface area contributed by atoms with Crippen LogP contribution < -0.4 is 0 Å². The van der Waals surface area contributed by atoms with Crippen molar-refractivity contribution in [3.63, 3.8) is 0 Å². The van der Waals surface area contributed by atoms with Gasteiger partial charge in [0.25, 0.3) is 0 Å². The van der Waals surface area contributed by atoms with Crippen molar-refractivity contribution >= 4 is 21.0 Å². The van der Waals surface area contributed by atoms with Gasteiger partial charge in [0.15, 0.2) is 5.65 Å². The lowest BCUT2D eigenvalue weighted by atomic mass is 9.98. The first-order valence-electron chi connectivity index (χ1n) is 7.20. The molecule has 0 radical (unpaired) electrons. The third kappa shape index (κ3) is 3.08. The molecule has 0 saturated carbocycles. The Balaban J connectivity index is 1.85. The van der Waals surface area contributed by atoms with E-state index < -0.39 is 9.84 Å². The molecule has 0 bridgehead atoms. The first-order valence-corrected chi connectivity index (χ1v) is 9.02. The van der Waals surface area contributed by atoms with Crippen molar-refractivity contribution < 1.29 is 13.5 Å². The molecule has 0 atom stereocenters. The van der Waals surface area contributed by atoms with Gasteiger partial charge < -0.3 is 9.67 Å². The molecule has 0 aromatic carbocycles. The van der Waals surface area contributed by atoms with E-state index in [2.05, 4.69) is 9.97 Å². The molecule has 1 fully saturated rings. The summed E-state index contributed by atoms with van der Waals surface area (Å²) in [6.45, 7) is 0.502. The van der Waals surface area contributed by atoms with E-state index in [-0.39, 0.29) is 18.1 Å². The summed E-state index contributed by atoms with van der Waals surface area (Å²) in [5.74, 6) is 1.77. The number of hydrogen-bond donors (Lipinski definition) is 1. The van der Waals surface area contributed by atoms with Crippen LogP contribution in [0.2, 0.25) is 0 Å². The number of aliphatic hydroxyl groups is 1. The Hall–Kier alpha value is -1.47. The van der Waals surface area contributed by atoms with Gasteiger partial charge in [0.2, 0.25) is 0 Å². The largest absolute Gasteiger partial charge is 0.395 e. The average Bonchev–Trinajstić information content (AvgIpc) is 2.80. The minimum absolute atomic E-state index is 0.0358. The molecule has 7 heteroatoms. The second kappa shape index (κ2) is 5.73. The fourth-order valence-corrected chi connectivity index (χ4v) is 4.49. The highest BCUT2D eigenvalue weighted by Crippen LogP contribution is 2.24. The maximum absolute atomic E-state index is 11.5. The van der Waals surface area contributed by atoms with Crippen LogP contribution in [-0.2, 0) is 22.8 Å². The van der Waals surface area contributed by atoms with Crippen LogP contribution in [0.5, 0.6) is 0 Å². The Kier molecular flexibility index (Phi) is 3.95. The SMILES string of the molecule is O=S1(=O)CCC(Cc2nc3cccnc3n2CCO)CC1. The van der Waals surface area contributed by atoms with Gasteiger partial charge in [-0.2, -0.15) is 0 Å². The molecule has 3 rings (SSSR count). The third-order valence-corrected chi connectivity index (χ3v) is 5.77. The van der Waals surface area contributed by atoms with E-state index in [4.69, 9.17) is 0 Å². The van der Waals surface area contributed by atoms with Gasteiger partial charge in [-0.1, -0.05) is 0 Å². The highest BCUT2D eigenvalue weighted by molar-refractivity contribution is 7.91. The van der Waals surface area contributed by atoms with Crippen LogP contribution in [0.25, 0.3) is 11.2 Å². The van der Waals surface area contributed by atoms with Crippen molar-refractivity contribution in [3.8, 4) is 0 Å². The second-order valence-corrected chi connectivity index (χ2v) is 7.85. The van der Waals surface area contributed by atoms with E-state index >= 15 is 0 Å². The van der Waals surface area contributed by atoms with Crippen LogP contribution in [0.1, 0.15) is 18.7 Å². The van der Waals surface area contributed by atoms with E-state index in [0.717, 1.165) is 23.4 Å². The van der Waals surface area contributed by atoms with Crippen LogP contribution in [0.3, 0.4) is 0 Å². The lowest BCUT2D eigenvalue weighted by Gasteiger charge is -2.21. The maximum atomic E-state index is 11.5. The standard InChI is InChI=1S/C14H19N3O3S/c18-7-6-17-13(16-12-2-1-5-15-14(12)17)10-11-3-8-21(19,20)9-4-11/h1-2,5,11,18H,3-4,6-10H2. The van der Waals surface area contributed by atoms with E-state index in [1.165, 1.54) is 0 Å². The molecule has 1 aliphatic rings. The molecular weight excluding hydrogens is 290 g/mol. The fraction of sp³-hybridized carbons (Fsp3) is 0.571. The molecule has 6 nitrogen and oxygen atoms in total. The summed E-state index contributed by atoms with van der Waals surface area (Å²) in [6, 6.07) is 3.75. The topological polar surface area (TPSA) is 85.1 Å². The molecule has 114 valence electrons. The summed E-state index contributed by atoms with van der Waals surface area (Å²) in [5, 5.41) is 9.24. The fourth-order valence-electron chi connectivity index (χ4n) is 2.90. The van der Waals surface area contributed by atoms with E-state index in [1.54, 1.807) is 6.20 Å². The van der Waals surface area contributed by atoms with Crippen molar-refractivity contribution in [2.45, 2.75) is 25.8 Å². The number of imidazole rings is 1. The predicted molar refractivity (Wildman–Crippen MR) is 79.7 cm³/mol. The molecule has 3 heterocycles. The molecule has 2 aromatic heterocycles. The summed E-state index contributed by atoms with van der Waals surface area (Å²) in [7, 11) is -2.83. The predicted octanol–water partition coefficient (Wildman–Crippen LogP) is 0.791. The minimum Gasteiger partial charge on any atom is -0.395 e. The normalized spacial score (nSPS) is 19.1. The number of aromatic nitrogens is 3. The molecule has 1 saturated heterocycles. The van der Waals surface area contributed by atoms with Gasteiger partial charge >= 0.3 is 0 Å². The molecule has 0 unspecified atom stereocenters. The van der Waals surface area contributed by atoms with Crippen molar-refractivity contribution in [1.82, 2.24) is 14.5 Å². The first-order chi connectivity index (χ1) is 10.1. The molecule has 21 heavy (non-hydrogen) atoms. The monoisotopic (exact) mass is 309 g/mol. The Bertz CT molecular complexity index is 725. The molecule has 1 N–H and O–H groups in total. The lowest BCUT2D eigenvalue weighted by molar-refractivity contribution is 0.274. The third-order valence-electron chi connectivity index (χ3n) is 4.05. The summed E-state index contributed by atoms with van der Waals surface area (Å²) >= 11 is 0.